The summed E-state index contributed by atoms with van der Waals surface area (Å²) in [5.41, 5.74) is -0.0863. The number of morpholine rings is 1. The molecule has 208 valence electrons. The van der Waals surface area contributed by atoms with Crippen molar-refractivity contribution in [2.45, 2.75) is 38.6 Å². The minimum atomic E-state index is -4.61. The molecule has 1 aliphatic rings. The van der Waals surface area contributed by atoms with E-state index in [0.717, 1.165) is 23.4 Å². The van der Waals surface area contributed by atoms with Gasteiger partial charge >= 0.3 is 12.3 Å². The molecule has 1 aromatic carbocycles. The summed E-state index contributed by atoms with van der Waals surface area (Å²) in [5, 5.41) is 19.5. The van der Waals surface area contributed by atoms with Crippen molar-refractivity contribution in [3.63, 3.8) is 0 Å². The maximum Gasteiger partial charge on any atom is 0.435 e. The fourth-order valence-corrected chi connectivity index (χ4v) is 4.64. The van der Waals surface area contributed by atoms with Gasteiger partial charge in [-0.05, 0) is 43.7 Å². The number of hydrogen-bond acceptors (Lipinski definition) is 8. The number of rotatable bonds is 8. The van der Waals surface area contributed by atoms with Crippen molar-refractivity contribution < 1.29 is 37.3 Å². The summed E-state index contributed by atoms with van der Waals surface area (Å²) in [7, 11) is 0. The average Bonchev–Trinajstić information content (AvgIpc) is 3.41. The zero-order valence-corrected chi connectivity index (χ0v) is 21.9. The van der Waals surface area contributed by atoms with Crippen LogP contribution >= 0.6 is 11.3 Å². The lowest BCUT2D eigenvalue weighted by Crippen LogP contribution is -2.47. The first kappa shape index (κ1) is 28.2. The monoisotopic (exact) mass is 565 g/mol. The Morgan fingerprint density at radius 3 is 2.72 bits per heavy atom. The molecular weight excluding hydrogens is 539 g/mol. The Bertz CT molecular complexity index is 1320. The first-order chi connectivity index (χ1) is 18.5. The number of nitrogens with zero attached hydrogens (tertiary/aromatic N) is 4. The van der Waals surface area contributed by atoms with E-state index in [4.69, 9.17) is 9.47 Å². The molecule has 0 bridgehead atoms. The quantitative estimate of drug-likeness (QED) is 0.411. The van der Waals surface area contributed by atoms with Crippen molar-refractivity contribution in [1.29, 1.82) is 0 Å². The molecule has 10 nitrogen and oxygen atoms in total. The first-order valence-corrected chi connectivity index (χ1v) is 12.9. The Morgan fingerprint density at radius 2 is 2.08 bits per heavy atom. The van der Waals surface area contributed by atoms with Gasteiger partial charge in [-0.15, -0.1) is 16.4 Å². The largest absolute Gasteiger partial charge is 0.491 e. The maximum absolute atomic E-state index is 13.2. The van der Waals surface area contributed by atoms with Crippen LogP contribution in [0.3, 0.4) is 0 Å². The zero-order chi connectivity index (χ0) is 28.2. The molecule has 1 fully saturated rings. The van der Waals surface area contributed by atoms with Gasteiger partial charge in [-0.2, -0.15) is 18.3 Å². The summed E-state index contributed by atoms with van der Waals surface area (Å²) in [6.45, 7) is 4.32. The summed E-state index contributed by atoms with van der Waals surface area (Å²) < 4.78 is 49.9. The summed E-state index contributed by atoms with van der Waals surface area (Å²) >= 11 is 1.47. The molecule has 3 aromatic rings. The Morgan fingerprint density at radius 1 is 1.28 bits per heavy atom. The molecular formula is C25H26F3N5O5S. The van der Waals surface area contributed by atoms with Gasteiger partial charge in [-0.25, -0.2) is 9.78 Å². The van der Waals surface area contributed by atoms with Crippen LogP contribution in [0, 0.1) is 0 Å². The van der Waals surface area contributed by atoms with Crippen molar-refractivity contribution in [3.05, 3.63) is 58.4 Å². The van der Waals surface area contributed by atoms with Crippen molar-refractivity contribution in [1.82, 2.24) is 25.4 Å². The standard InChI is InChI=1S/C25H26F3N5O5S/c1-3-19-11-29-23(39-19)16-8-15(9-17(10-16)38-13-18-12-33(24(35)36)6-7-37-18)22(34)30-14(2)20-4-5-21(32-31-20)25(26,27)28/h4-5,8-11,14,18H,3,6-7,12-13H2,1-2H3,(H,30,34)(H,35,36)/t14?,18-/m0/s1. The number of ether oxygens (including phenoxy) is 2. The van der Waals surface area contributed by atoms with Crippen molar-refractivity contribution in [2.24, 2.45) is 0 Å². The number of nitrogens with one attached hydrogen (secondary N) is 1. The molecule has 3 heterocycles. The van der Waals surface area contributed by atoms with Crippen LogP contribution < -0.4 is 10.1 Å². The number of amides is 2. The highest BCUT2D eigenvalue weighted by Crippen LogP contribution is 2.31. The third-order valence-corrected chi connectivity index (χ3v) is 7.12. The summed E-state index contributed by atoms with van der Waals surface area (Å²) in [6, 6.07) is 6.15. The van der Waals surface area contributed by atoms with E-state index in [1.165, 1.54) is 22.3 Å². The minimum absolute atomic E-state index is 0.0594. The molecule has 1 aliphatic heterocycles. The van der Waals surface area contributed by atoms with Gasteiger partial charge in [0.1, 0.15) is 23.5 Å². The highest BCUT2D eigenvalue weighted by atomic mass is 32.1. The smallest absolute Gasteiger partial charge is 0.435 e. The lowest BCUT2D eigenvalue weighted by molar-refractivity contribution is -0.141. The molecule has 0 aliphatic carbocycles. The SMILES string of the molecule is CCc1cnc(-c2cc(OC[C@@H]3CN(C(=O)O)CCO3)cc(C(=O)NC(C)c3ccc(C(F)(F)F)nn3)c2)s1. The number of halogens is 3. The molecule has 0 radical (unpaired) electrons. The van der Waals surface area contributed by atoms with E-state index in [1.807, 2.05) is 6.92 Å². The topological polar surface area (TPSA) is 127 Å². The average molecular weight is 566 g/mol. The summed E-state index contributed by atoms with van der Waals surface area (Å²) in [5.74, 6) is -0.155. The van der Waals surface area contributed by atoms with Crippen LogP contribution in [0.25, 0.3) is 10.6 Å². The molecule has 14 heteroatoms. The van der Waals surface area contributed by atoms with E-state index < -0.39 is 36.0 Å². The van der Waals surface area contributed by atoms with Crippen LogP contribution in [0.2, 0.25) is 0 Å². The molecule has 4 rings (SSSR count). The van der Waals surface area contributed by atoms with E-state index in [-0.39, 0.29) is 37.6 Å². The Hall–Kier alpha value is -3.78. The fraction of sp³-hybridized carbons (Fsp3) is 0.400. The van der Waals surface area contributed by atoms with E-state index in [2.05, 4.69) is 20.5 Å². The van der Waals surface area contributed by atoms with Crippen molar-refractivity contribution in [2.75, 3.05) is 26.3 Å². The normalized spacial score (nSPS) is 16.5. The summed E-state index contributed by atoms with van der Waals surface area (Å²) in [4.78, 5) is 31.2. The number of carbonyl (C=O) groups is 2. The van der Waals surface area contributed by atoms with Crippen LogP contribution in [-0.2, 0) is 17.3 Å². The second kappa shape index (κ2) is 11.9. The van der Waals surface area contributed by atoms with Crippen molar-refractivity contribution >= 4 is 23.3 Å². The Kier molecular flexibility index (Phi) is 8.65. The molecule has 1 saturated heterocycles. The first-order valence-electron chi connectivity index (χ1n) is 12.1. The fourth-order valence-electron chi connectivity index (χ4n) is 3.80. The van der Waals surface area contributed by atoms with Crippen LogP contribution in [0.4, 0.5) is 18.0 Å². The van der Waals surface area contributed by atoms with Gasteiger partial charge in [0.15, 0.2) is 5.69 Å². The number of aryl methyl sites for hydroxylation is 1. The molecule has 2 amide bonds. The molecule has 1 unspecified atom stereocenters. The molecule has 2 aromatic heterocycles. The lowest BCUT2D eigenvalue weighted by atomic mass is 10.1. The van der Waals surface area contributed by atoms with E-state index >= 15 is 0 Å². The number of benzene rings is 1. The predicted octanol–water partition coefficient (Wildman–Crippen LogP) is 4.43. The second-order valence-electron chi connectivity index (χ2n) is 8.80. The molecule has 39 heavy (non-hydrogen) atoms. The predicted molar refractivity (Wildman–Crippen MR) is 135 cm³/mol. The van der Waals surface area contributed by atoms with Gasteiger partial charge < -0.3 is 24.8 Å². The molecule has 2 atom stereocenters. The van der Waals surface area contributed by atoms with Crippen molar-refractivity contribution in [3.8, 4) is 16.3 Å². The molecule has 0 spiro atoms. The molecule has 2 N–H and O–H groups in total. The van der Waals surface area contributed by atoms with Crippen LogP contribution in [0.5, 0.6) is 5.75 Å². The van der Waals surface area contributed by atoms with Crippen LogP contribution in [-0.4, -0.2) is 69.6 Å². The maximum atomic E-state index is 13.2. The number of aromatic nitrogens is 3. The zero-order valence-electron chi connectivity index (χ0n) is 21.1. The van der Waals surface area contributed by atoms with E-state index in [9.17, 15) is 27.9 Å². The molecule has 0 saturated carbocycles. The van der Waals surface area contributed by atoms with Gasteiger partial charge in [0.25, 0.3) is 5.91 Å². The van der Waals surface area contributed by atoms with Gasteiger partial charge in [-0.3, -0.25) is 4.79 Å². The second-order valence-corrected chi connectivity index (χ2v) is 9.92. The minimum Gasteiger partial charge on any atom is -0.491 e. The van der Waals surface area contributed by atoms with E-state index in [0.29, 0.717) is 16.3 Å². The highest BCUT2D eigenvalue weighted by Gasteiger charge is 2.33. The number of thiazole rings is 1. The van der Waals surface area contributed by atoms with Crippen LogP contribution in [0.1, 0.15) is 46.5 Å². The number of carboxylic acid groups (broad SMARTS) is 1. The van der Waals surface area contributed by atoms with E-state index in [1.54, 1.807) is 25.3 Å². The lowest BCUT2D eigenvalue weighted by Gasteiger charge is -2.30. The number of hydrogen-bond donors (Lipinski definition) is 2. The number of alkyl halides is 3. The number of carbonyl (C=O) groups excluding carboxylic acids is 1. The van der Waals surface area contributed by atoms with Gasteiger partial charge in [0.2, 0.25) is 0 Å². The van der Waals surface area contributed by atoms with Gasteiger partial charge in [0.05, 0.1) is 24.9 Å². The van der Waals surface area contributed by atoms with Gasteiger partial charge in [-0.1, -0.05) is 6.92 Å². The third kappa shape index (κ3) is 7.20. The van der Waals surface area contributed by atoms with Crippen LogP contribution in [0.15, 0.2) is 36.5 Å². The van der Waals surface area contributed by atoms with Gasteiger partial charge in [0, 0.05) is 28.7 Å². The summed E-state index contributed by atoms with van der Waals surface area (Å²) in [6.07, 6.45) is -3.58. The Balaban J connectivity index is 1.53. The highest BCUT2D eigenvalue weighted by molar-refractivity contribution is 7.15. The third-order valence-electron chi connectivity index (χ3n) is 5.93. The Labute approximate surface area is 225 Å².